The van der Waals surface area contributed by atoms with Gasteiger partial charge in [-0.1, -0.05) is 17.3 Å². The Morgan fingerprint density at radius 3 is 2.76 bits per heavy atom. The number of halogens is 1. The lowest BCUT2D eigenvalue weighted by Crippen LogP contribution is -2.54. The third kappa shape index (κ3) is 4.42. The van der Waals surface area contributed by atoms with Gasteiger partial charge in [0.2, 0.25) is 0 Å². The molecule has 1 N–H and O–H groups in total. The predicted octanol–water partition coefficient (Wildman–Crippen LogP) is 1.89. The second-order valence-electron chi connectivity index (χ2n) is 6.96. The number of β-amino-alcohol motifs (C(OH)–C–C–N with tert-alkyl or cyclic N) is 1. The van der Waals surface area contributed by atoms with E-state index in [0.29, 0.717) is 31.4 Å². The van der Waals surface area contributed by atoms with Crippen LogP contribution in [0.4, 0.5) is 4.39 Å². The number of hydrogen-bond donors (Lipinski definition) is 1. The van der Waals surface area contributed by atoms with Crippen molar-refractivity contribution in [3.8, 4) is 0 Å². The zero-order valence-corrected chi connectivity index (χ0v) is 14.0. The highest BCUT2D eigenvalue weighted by molar-refractivity contribution is 5.16. The molecule has 1 unspecified atom stereocenters. The van der Waals surface area contributed by atoms with Crippen LogP contribution in [-0.2, 0) is 17.8 Å². The average Bonchev–Trinajstić information content (AvgIpc) is 3.31. The van der Waals surface area contributed by atoms with E-state index in [1.807, 2.05) is 0 Å². The maximum atomic E-state index is 12.9. The van der Waals surface area contributed by atoms with Crippen molar-refractivity contribution in [1.29, 1.82) is 0 Å². The van der Waals surface area contributed by atoms with Crippen LogP contribution in [0.5, 0.6) is 0 Å². The summed E-state index contributed by atoms with van der Waals surface area (Å²) in [6.45, 7) is 2.49. The molecule has 1 aliphatic carbocycles. The zero-order valence-electron chi connectivity index (χ0n) is 14.0. The number of rotatable bonds is 8. The van der Waals surface area contributed by atoms with E-state index in [-0.39, 0.29) is 11.9 Å². The second kappa shape index (κ2) is 7.19. The molecule has 0 radical (unpaired) electrons. The van der Waals surface area contributed by atoms with Crippen LogP contribution in [0.25, 0.3) is 0 Å². The summed E-state index contributed by atoms with van der Waals surface area (Å²) in [5.74, 6) is 1.57. The molecule has 1 aliphatic heterocycles. The Kier molecular flexibility index (Phi) is 4.78. The summed E-state index contributed by atoms with van der Waals surface area (Å²) < 4.78 is 23.8. The Bertz CT molecular complexity index is 696. The third-order valence-corrected chi connectivity index (χ3v) is 4.65. The van der Waals surface area contributed by atoms with Crippen LogP contribution >= 0.6 is 0 Å². The predicted molar refractivity (Wildman–Crippen MR) is 87.4 cm³/mol. The maximum absolute atomic E-state index is 12.9. The first-order valence-electron chi connectivity index (χ1n) is 8.74. The van der Waals surface area contributed by atoms with Gasteiger partial charge in [-0.3, -0.25) is 4.90 Å². The summed E-state index contributed by atoms with van der Waals surface area (Å²) >= 11 is 0. The Morgan fingerprint density at radius 2 is 2.04 bits per heavy atom. The van der Waals surface area contributed by atoms with E-state index in [1.54, 1.807) is 12.1 Å². The van der Waals surface area contributed by atoms with Crippen molar-refractivity contribution in [1.82, 2.24) is 15.0 Å². The lowest BCUT2D eigenvalue weighted by Gasteiger charge is -2.39. The highest BCUT2D eigenvalue weighted by Gasteiger charge is 2.31. The van der Waals surface area contributed by atoms with Crippen molar-refractivity contribution in [3.63, 3.8) is 0 Å². The van der Waals surface area contributed by atoms with Gasteiger partial charge in [0.1, 0.15) is 12.4 Å². The van der Waals surface area contributed by atoms with Gasteiger partial charge in [-0.2, -0.15) is 4.98 Å². The summed E-state index contributed by atoms with van der Waals surface area (Å²) in [7, 11) is 0. The molecule has 1 saturated carbocycles. The van der Waals surface area contributed by atoms with E-state index < -0.39 is 6.10 Å². The molecular weight excluding hydrogens is 325 g/mol. The summed E-state index contributed by atoms with van der Waals surface area (Å²) in [5, 5.41) is 14.1. The summed E-state index contributed by atoms with van der Waals surface area (Å²) in [6, 6.07) is 6.26. The van der Waals surface area contributed by atoms with E-state index >= 15 is 0 Å². The largest absolute Gasteiger partial charge is 0.391 e. The summed E-state index contributed by atoms with van der Waals surface area (Å²) in [5.41, 5.74) is 0.935. The van der Waals surface area contributed by atoms with Crippen molar-refractivity contribution < 1.29 is 18.8 Å². The molecule has 25 heavy (non-hydrogen) atoms. The number of nitrogens with zero attached hydrogens (tertiary/aromatic N) is 3. The molecule has 2 aromatic rings. The molecular formula is C18H22FN3O3. The first-order chi connectivity index (χ1) is 12.2. The molecule has 7 heteroatoms. The van der Waals surface area contributed by atoms with Gasteiger partial charge in [-0.15, -0.1) is 0 Å². The normalized spacial score (nSPS) is 19.8. The van der Waals surface area contributed by atoms with Crippen molar-refractivity contribution in [2.75, 3.05) is 19.6 Å². The van der Waals surface area contributed by atoms with Crippen LogP contribution in [0.3, 0.4) is 0 Å². The number of hydrogen-bond acceptors (Lipinski definition) is 6. The summed E-state index contributed by atoms with van der Waals surface area (Å²) in [4.78, 5) is 6.48. The molecule has 1 aromatic carbocycles. The van der Waals surface area contributed by atoms with Gasteiger partial charge in [0, 0.05) is 25.6 Å². The van der Waals surface area contributed by atoms with E-state index in [1.165, 1.54) is 12.1 Å². The Morgan fingerprint density at radius 1 is 1.28 bits per heavy atom. The smallest absolute Gasteiger partial charge is 0.252 e. The number of likely N-dealkylation sites (tertiary alicyclic amines) is 1. The highest BCUT2D eigenvalue weighted by Crippen LogP contribution is 2.38. The van der Waals surface area contributed by atoms with Crippen molar-refractivity contribution in [2.24, 2.45) is 0 Å². The van der Waals surface area contributed by atoms with Gasteiger partial charge >= 0.3 is 0 Å². The number of ether oxygens (including phenoxy) is 1. The molecule has 2 aliphatic rings. The topological polar surface area (TPSA) is 71.6 Å². The lowest BCUT2D eigenvalue weighted by molar-refractivity contribution is -0.0794. The standard InChI is InChI=1S/C18H22FN3O3/c19-14-5-1-12(2-6-14)7-15(23)8-22-9-16(10-22)24-11-17-20-18(21-25-17)13-3-4-13/h1-2,5-6,13,15-16,23H,3-4,7-11H2. The fourth-order valence-corrected chi connectivity index (χ4v) is 3.06. The van der Waals surface area contributed by atoms with Crippen LogP contribution in [-0.4, -0.2) is 52.0 Å². The minimum atomic E-state index is -0.469. The Hall–Kier alpha value is -1.83. The molecule has 0 amide bonds. The maximum Gasteiger partial charge on any atom is 0.252 e. The van der Waals surface area contributed by atoms with E-state index in [4.69, 9.17) is 9.26 Å². The molecule has 4 rings (SSSR count). The molecule has 1 saturated heterocycles. The fraction of sp³-hybridized carbons (Fsp3) is 0.556. The van der Waals surface area contributed by atoms with Crippen molar-refractivity contribution in [2.45, 2.75) is 44.0 Å². The van der Waals surface area contributed by atoms with Gasteiger partial charge in [0.05, 0.1) is 12.2 Å². The fourth-order valence-electron chi connectivity index (χ4n) is 3.06. The van der Waals surface area contributed by atoms with E-state index in [9.17, 15) is 9.50 Å². The van der Waals surface area contributed by atoms with E-state index in [0.717, 1.165) is 37.3 Å². The van der Waals surface area contributed by atoms with Gasteiger partial charge in [-0.05, 0) is 37.0 Å². The third-order valence-electron chi connectivity index (χ3n) is 4.65. The number of aliphatic hydroxyl groups is 1. The van der Waals surface area contributed by atoms with Gasteiger partial charge < -0.3 is 14.4 Å². The lowest BCUT2D eigenvalue weighted by atomic mass is 10.1. The molecule has 134 valence electrons. The molecule has 0 spiro atoms. The van der Waals surface area contributed by atoms with Gasteiger partial charge in [0.15, 0.2) is 5.82 Å². The van der Waals surface area contributed by atoms with Crippen molar-refractivity contribution in [3.05, 3.63) is 47.4 Å². The Balaban J connectivity index is 1.14. The zero-order chi connectivity index (χ0) is 17.2. The quantitative estimate of drug-likeness (QED) is 0.786. The van der Waals surface area contributed by atoms with Crippen LogP contribution < -0.4 is 0 Å². The minimum absolute atomic E-state index is 0.134. The molecule has 1 atom stereocenters. The van der Waals surface area contributed by atoms with Gasteiger partial charge in [-0.25, -0.2) is 4.39 Å². The number of aromatic nitrogens is 2. The van der Waals surface area contributed by atoms with Crippen LogP contribution in [0, 0.1) is 5.82 Å². The van der Waals surface area contributed by atoms with Crippen LogP contribution in [0.15, 0.2) is 28.8 Å². The SMILES string of the molecule is OC(Cc1ccc(F)cc1)CN1CC(OCc2nc(C3CC3)no2)C1. The van der Waals surface area contributed by atoms with E-state index in [2.05, 4.69) is 15.0 Å². The van der Waals surface area contributed by atoms with Crippen LogP contribution in [0.2, 0.25) is 0 Å². The first-order valence-corrected chi connectivity index (χ1v) is 8.74. The van der Waals surface area contributed by atoms with Gasteiger partial charge in [0.25, 0.3) is 5.89 Å². The van der Waals surface area contributed by atoms with Crippen LogP contribution in [0.1, 0.15) is 36.0 Å². The second-order valence-corrected chi connectivity index (χ2v) is 6.96. The average molecular weight is 347 g/mol. The highest BCUT2D eigenvalue weighted by atomic mass is 19.1. The monoisotopic (exact) mass is 347 g/mol. The first kappa shape index (κ1) is 16.6. The molecule has 6 nitrogen and oxygen atoms in total. The summed E-state index contributed by atoms with van der Waals surface area (Å²) in [6.07, 6.45) is 2.49. The molecule has 2 heterocycles. The molecule has 2 fully saturated rings. The minimum Gasteiger partial charge on any atom is -0.391 e. The number of benzene rings is 1. The number of aliphatic hydroxyl groups excluding tert-OH is 1. The Labute approximate surface area is 145 Å². The van der Waals surface area contributed by atoms with Crippen molar-refractivity contribution >= 4 is 0 Å². The molecule has 0 bridgehead atoms. The molecule has 1 aromatic heterocycles.